The molecule has 78 valence electrons. The number of rotatable bonds is 2. The molecule has 0 spiro atoms. The molecule has 0 amide bonds. The highest BCUT2D eigenvalue weighted by molar-refractivity contribution is 6.28. The van der Waals surface area contributed by atoms with E-state index in [0.717, 1.165) is 5.56 Å². The van der Waals surface area contributed by atoms with Gasteiger partial charge in [-0.2, -0.15) is 0 Å². The number of benzene rings is 1. The lowest BCUT2D eigenvalue weighted by Gasteiger charge is -2.19. The monoisotopic (exact) mass is 230 g/mol. The Morgan fingerprint density at radius 1 is 1.14 bits per heavy atom. The summed E-state index contributed by atoms with van der Waals surface area (Å²) in [6.07, 6.45) is 0. The summed E-state index contributed by atoms with van der Waals surface area (Å²) in [6.45, 7) is 6.59. The lowest BCUT2D eigenvalue weighted by molar-refractivity contribution is 0.590. The quantitative estimate of drug-likeness (QED) is 0.657. The first-order chi connectivity index (χ1) is 6.45. The minimum atomic E-state index is -0.0781. The minimum absolute atomic E-state index is 0.0781. The SMILES string of the molecule is CC(C)(C)c1ccc(C(Cl)CCl)cc1. The van der Waals surface area contributed by atoms with E-state index in [1.165, 1.54) is 5.56 Å². The van der Waals surface area contributed by atoms with Crippen molar-refractivity contribution in [2.45, 2.75) is 31.6 Å². The molecule has 0 aliphatic carbocycles. The molecule has 1 aromatic rings. The van der Waals surface area contributed by atoms with Crippen molar-refractivity contribution >= 4 is 23.2 Å². The molecule has 0 aliphatic rings. The lowest BCUT2D eigenvalue weighted by atomic mass is 9.86. The summed E-state index contributed by atoms with van der Waals surface area (Å²) in [7, 11) is 0. The average molecular weight is 231 g/mol. The second kappa shape index (κ2) is 4.55. The van der Waals surface area contributed by atoms with Crippen molar-refractivity contribution in [2.75, 3.05) is 5.88 Å². The van der Waals surface area contributed by atoms with Gasteiger partial charge < -0.3 is 0 Å². The molecule has 0 aliphatic heterocycles. The van der Waals surface area contributed by atoms with E-state index in [4.69, 9.17) is 23.2 Å². The van der Waals surface area contributed by atoms with Crippen molar-refractivity contribution in [3.63, 3.8) is 0 Å². The number of hydrogen-bond donors (Lipinski definition) is 0. The summed E-state index contributed by atoms with van der Waals surface area (Å²) in [4.78, 5) is 0. The van der Waals surface area contributed by atoms with Gasteiger partial charge in [0.1, 0.15) is 0 Å². The van der Waals surface area contributed by atoms with Gasteiger partial charge in [0.2, 0.25) is 0 Å². The van der Waals surface area contributed by atoms with Gasteiger partial charge in [0, 0.05) is 5.88 Å². The van der Waals surface area contributed by atoms with Crippen LogP contribution in [0.5, 0.6) is 0 Å². The van der Waals surface area contributed by atoms with Gasteiger partial charge in [-0.1, -0.05) is 45.0 Å². The first-order valence-corrected chi connectivity index (χ1v) is 5.72. The standard InChI is InChI=1S/C12H16Cl2/c1-12(2,3)10-6-4-9(5-7-10)11(14)8-13/h4-7,11H,8H2,1-3H3. The van der Waals surface area contributed by atoms with Crippen LogP contribution in [0.1, 0.15) is 37.3 Å². The highest BCUT2D eigenvalue weighted by Crippen LogP contribution is 2.26. The normalized spacial score (nSPS) is 14.1. The maximum atomic E-state index is 6.03. The molecule has 0 heterocycles. The number of halogens is 2. The van der Waals surface area contributed by atoms with E-state index in [1.807, 2.05) is 0 Å². The smallest absolute Gasteiger partial charge is 0.0720 e. The van der Waals surface area contributed by atoms with Gasteiger partial charge in [-0.15, -0.1) is 23.2 Å². The first-order valence-electron chi connectivity index (χ1n) is 4.75. The number of hydrogen-bond acceptors (Lipinski definition) is 0. The van der Waals surface area contributed by atoms with E-state index in [2.05, 4.69) is 45.0 Å². The van der Waals surface area contributed by atoms with Crippen LogP contribution in [0.4, 0.5) is 0 Å². The zero-order valence-electron chi connectivity index (χ0n) is 8.85. The third-order valence-corrected chi connectivity index (χ3v) is 3.15. The first kappa shape index (κ1) is 11.9. The Morgan fingerprint density at radius 2 is 1.64 bits per heavy atom. The predicted molar refractivity (Wildman–Crippen MR) is 64.5 cm³/mol. The van der Waals surface area contributed by atoms with Crippen molar-refractivity contribution in [1.29, 1.82) is 0 Å². The van der Waals surface area contributed by atoms with Gasteiger partial charge in [-0.05, 0) is 16.5 Å². The van der Waals surface area contributed by atoms with Crippen LogP contribution in [0.25, 0.3) is 0 Å². The molecule has 1 unspecified atom stereocenters. The zero-order chi connectivity index (χ0) is 10.8. The second-order valence-electron chi connectivity index (χ2n) is 4.49. The minimum Gasteiger partial charge on any atom is -0.125 e. The van der Waals surface area contributed by atoms with Gasteiger partial charge in [0.05, 0.1) is 5.38 Å². The second-order valence-corrected chi connectivity index (χ2v) is 5.33. The van der Waals surface area contributed by atoms with Crippen LogP contribution >= 0.6 is 23.2 Å². The Bertz CT molecular complexity index is 282. The third-order valence-electron chi connectivity index (χ3n) is 2.27. The molecule has 1 rings (SSSR count). The average Bonchev–Trinajstić information content (AvgIpc) is 2.15. The Balaban J connectivity index is 2.89. The molecule has 14 heavy (non-hydrogen) atoms. The fourth-order valence-corrected chi connectivity index (χ4v) is 1.60. The maximum absolute atomic E-state index is 6.03. The molecule has 0 fully saturated rings. The highest BCUT2D eigenvalue weighted by atomic mass is 35.5. The van der Waals surface area contributed by atoms with E-state index in [0.29, 0.717) is 5.88 Å². The molecule has 0 nitrogen and oxygen atoms in total. The van der Waals surface area contributed by atoms with Crippen LogP contribution in [-0.4, -0.2) is 5.88 Å². The summed E-state index contributed by atoms with van der Waals surface area (Å²) in [5.74, 6) is 0.455. The van der Waals surface area contributed by atoms with Crippen LogP contribution in [0, 0.1) is 0 Å². The molecule has 0 saturated carbocycles. The van der Waals surface area contributed by atoms with E-state index < -0.39 is 0 Å². The van der Waals surface area contributed by atoms with E-state index in [1.54, 1.807) is 0 Å². The molecule has 1 aromatic carbocycles. The van der Waals surface area contributed by atoms with E-state index in [9.17, 15) is 0 Å². The van der Waals surface area contributed by atoms with Crippen molar-refractivity contribution in [3.8, 4) is 0 Å². The highest BCUT2D eigenvalue weighted by Gasteiger charge is 2.14. The Labute approximate surface area is 96.2 Å². The van der Waals surface area contributed by atoms with Crippen molar-refractivity contribution in [1.82, 2.24) is 0 Å². The Morgan fingerprint density at radius 3 is 2.00 bits per heavy atom. The molecule has 0 N–H and O–H groups in total. The lowest BCUT2D eigenvalue weighted by Crippen LogP contribution is -2.10. The molecule has 0 radical (unpaired) electrons. The predicted octanol–water partition coefficient (Wildman–Crippen LogP) is 4.50. The summed E-state index contributed by atoms with van der Waals surface area (Å²) in [6, 6.07) is 8.36. The molecule has 0 saturated heterocycles. The fraction of sp³-hybridized carbons (Fsp3) is 0.500. The van der Waals surface area contributed by atoms with Gasteiger partial charge in [0.25, 0.3) is 0 Å². The molecule has 2 heteroatoms. The fourth-order valence-electron chi connectivity index (χ4n) is 1.28. The van der Waals surface area contributed by atoms with Crippen molar-refractivity contribution < 1.29 is 0 Å². The van der Waals surface area contributed by atoms with Crippen LogP contribution in [-0.2, 0) is 5.41 Å². The number of alkyl halides is 2. The largest absolute Gasteiger partial charge is 0.125 e. The van der Waals surface area contributed by atoms with Gasteiger partial charge in [-0.25, -0.2) is 0 Å². The van der Waals surface area contributed by atoms with Crippen LogP contribution < -0.4 is 0 Å². The topological polar surface area (TPSA) is 0 Å². The van der Waals surface area contributed by atoms with Crippen LogP contribution in [0.2, 0.25) is 0 Å². The summed E-state index contributed by atoms with van der Waals surface area (Å²) >= 11 is 11.7. The van der Waals surface area contributed by atoms with Gasteiger partial charge in [0.15, 0.2) is 0 Å². The van der Waals surface area contributed by atoms with Crippen molar-refractivity contribution in [2.24, 2.45) is 0 Å². The molecule has 0 bridgehead atoms. The summed E-state index contributed by atoms with van der Waals surface area (Å²) in [5, 5.41) is -0.0781. The molecule has 0 aromatic heterocycles. The summed E-state index contributed by atoms with van der Waals surface area (Å²) in [5.41, 5.74) is 2.61. The molecular weight excluding hydrogens is 215 g/mol. The van der Waals surface area contributed by atoms with Crippen LogP contribution in [0.3, 0.4) is 0 Å². The molecule has 1 atom stereocenters. The van der Waals surface area contributed by atoms with Crippen LogP contribution in [0.15, 0.2) is 24.3 Å². The Hall–Kier alpha value is -0.200. The maximum Gasteiger partial charge on any atom is 0.0720 e. The third kappa shape index (κ3) is 2.90. The van der Waals surface area contributed by atoms with E-state index >= 15 is 0 Å². The molecular formula is C12H16Cl2. The Kier molecular flexibility index (Phi) is 3.86. The van der Waals surface area contributed by atoms with Crippen molar-refractivity contribution in [3.05, 3.63) is 35.4 Å². The van der Waals surface area contributed by atoms with E-state index in [-0.39, 0.29) is 10.8 Å². The zero-order valence-corrected chi connectivity index (χ0v) is 10.4. The van der Waals surface area contributed by atoms with Gasteiger partial charge in [-0.3, -0.25) is 0 Å². The van der Waals surface area contributed by atoms with Gasteiger partial charge >= 0.3 is 0 Å². The summed E-state index contributed by atoms with van der Waals surface area (Å²) < 4.78 is 0.